The highest BCUT2D eigenvalue weighted by atomic mass is 14.3. The van der Waals surface area contributed by atoms with Gasteiger partial charge in [-0.05, 0) is 84.2 Å². The van der Waals surface area contributed by atoms with E-state index in [0.29, 0.717) is 0 Å². The summed E-state index contributed by atoms with van der Waals surface area (Å²) >= 11 is 0. The summed E-state index contributed by atoms with van der Waals surface area (Å²) in [5, 5.41) is 0. The molecule has 5 rings (SSSR count). The first kappa shape index (κ1) is 21.6. The lowest BCUT2D eigenvalue weighted by Crippen LogP contribution is -1.99. The van der Waals surface area contributed by atoms with Crippen molar-refractivity contribution in [2.75, 3.05) is 0 Å². The predicted octanol–water partition coefficient (Wildman–Crippen LogP) is 9.09. The van der Waals surface area contributed by atoms with Crippen molar-refractivity contribution < 1.29 is 0 Å². The largest absolute Gasteiger partial charge is 0.0985 e. The standard InChI is InChI=1S/C22H26.C9H10/c1-2-16-15-19(13-14-20(16)17-7-3-4-8-17)22-10-6-5-9-21(22)18-11-12-18;1-3-9-6-4-8(2)5-7-9/h5-6,9-10,13-15,17-18H,2-4,7-8,11-12H2,1H3;3-7H,1H2,2H3. The minimum Gasteiger partial charge on any atom is -0.0985 e. The smallest absolute Gasteiger partial charge is 0.0149 e. The number of benzene rings is 3. The third kappa shape index (κ3) is 5.37. The zero-order valence-corrected chi connectivity index (χ0v) is 19.2. The molecule has 2 aliphatic rings. The van der Waals surface area contributed by atoms with Gasteiger partial charge in [0.25, 0.3) is 0 Å². The van der Waals surface area contributed by atoms with Gasteiger partial charge < -0.3 is 0 Å². The van der Waals surface area contributed by atoms with Crippen LogP contribution in [0.25, 0.3) is 17.2 Å². The van der Waals surface area contributed by atoms with Crippen molar-refractivity contribution in [1.82, 2.24) is 0 Å². The van der Waals surface area contributed by atoms with Crippen LogP contribution < -0.4 is 0 Å². The molecule has 0 unspecified atom stereocenters. The van der Waals surface area contributed by atoms with E-state index in [4.69, 9.17) is 0 Å². The summed E-state index contributed by atoms with van der Waals surface area (Å²) < 4.78 is 0. The minimum atomic E-state index is 0.816. The molecule has 0 aliphatic heterocycles. The van der Waals surface area contributed by atoms with Crippen LogP contribution in [0.1, 0.15) is 85.1 Å². The maximum Gasteiger partial charge on any atom is -0.0149 e. The molecule has 0 bridgehead atoms. The number of hydrogen-bond donors (Lipinski definition) is 0. The summed E-state index contributed by atoms with van der Waals surface area (Å²) in [6.07, 6.45) is 11.4. The quantitative estimate of drug-likeness (QED) is 0.395. The molecule has 0 radical (unpaired) electrons. The lowest BCUT2D eigenvalue weighted by molar-refractivity contribution is 0.713. The summed E-state index contributed by atoms with van der Waals surface area (Å²) in [6.45, 7) is 8.05. The van der Waals surface area contributed by atoms with Crippen LogP contribution in [0.15, 0.2) is 73.3 Å². The van der Waals surface area contributed by atoms with E-state index >= 15 is 0 Å². The van der Waals surface area contributed by atoms with Crippen molar-refractivity contribution in [2.45, 2.75) is 70.6 Å². The minimum absolute atomic E-state index is 0.816. The van der Waals surface area contributed by atoms with E-state index in [9.17, 15) is 0 Å². The lowest BCUT2D eigenvalue weighted by atomic mass is 9.88. The van der Waals surface area contributed by atoms with Gasteiger partial charge in [0.05, 0.1) is 0 Å². The zero-order valence-electron chi connectivity index (χ0n) is 19.2. The van der Waals surface area contributed by atoms with Crippen LogP contribution in [-0.4, -0.2) is 0 Å². The number of aryl methyl sites for hydroxylation is 2. The summed E-state index contributed by atoms with van der Waals surface area (Å²) in [5.74, 6) is 1.64. The van der Waals surface area contributed by atoms with E-state index in [1.54, 1.807) is 16.7 Å². The van der Waals surface area contributed by atoms with Gasteiger partial charge in [-0.1, -0.05) is 105 Å². The highest BCUT2D eigenvalue weighted by molar-refractivity contribution is 5.70. The van der Waals surface area contributed by atoms with Crippen LogP contribution in [0.4, 0.5) is 0 Å². The van der Waals surface area contributed by atoms with Gasteiger partial charge >= 0.3 is 0 Å². The molecule has 31 heavy (non-hydrogen) atoms. The maximum atomic E-state index is 3.66. The van der Waals surface area contributed by atoms with Gasteiger partial charge in [-0.25, -0.2) is 0 Å². The van der Waals surface area contributed by atoms with Gasteiger partial charge in [0.1, 0.15) is 0 Å². The molecule has 0 aromatic heterocycles. The average molecular weight is 409 g/mol. The van der Waals surface area contributed by atoms with Gasteiger partial charge in [-0.2, -0.15) is 0 Å². The Kier molecular flexibility index (Phi) is 7.07. The van der Waals surface area contributed by atoms with E-state index < -0.39 is 0 Å². The number of rotatable bonds is 5. The molecule has 2 saturated carbocycles. The SMILES string of the molecule is C=Cc1ccc(C)cc1.CCc1cc(-c2ccccc2C2CC2)ccc1C1CCCC1. The molecular formula is C31H36. The fourth-order valence-corrected chi connectivity index (χ4v) is 4.93. The second-order valence-electron chi connectivity index (χ2n) is 9.22. The molecule has 160 valence electrons. The molecule has 0 saturated heterocycles. The Morgan fingerprint density at radius 3 is 2.13 bits per heavy atom. The van der Waals surface area contributed by atoms with Crippen LogP contribution in [0.2, 0.25) is 0 Å². The first-order chi connectivity index (χ1) is 15.2. The van der Waals surface area contributed by atoms with Crippen molar-refractivity contribution in [3.8, 4) is 11.1 Å². The second kappa shape index (κ2) is 10.1. The highest BCUT2D eigenvalue weighted by Gasteiger charge is 2.26. The predicted molar refractivity (Wildman–Crippen MR) is 136 cm³/mol. The summed E-state index contributed by atoms with van der Waals surface area (Å²) in [7, 11) is 0. The molecule has 0 spiro atoms. The van der Waals surface area contributed by atoms with Gasteiger partial charge in [-0.3, -0.25) is 0 Å². The Labute approximate surface area is 189 Å². The molecular weight excluding hydrogens is 372 g/mol. The van der Waals surface area contributed by atoms with Crippen LogP contribution in [0, 0.1) is 6.92 Å². The third-order valence-corrected chi connectivity index (χ3v) is 6.92. The van der Waals surface area contributed by atoms with E-state index in [1.165, 1.54) is 60.8 Å². The van der Waals surface area contributed by atoms with Crippen LogP contribution in [0.5, 0.6) is 0 Å². The lowest BCUT2D eigenvalue weighted by Gasteiger charge is -2.17. The molecule has 3 aromatic carbocycles. The van der Waals surface area contributed by atoms with Crippen molar-refractivity contribution in [3.63, 3.8) is 0 Å². The normalized spacial score (nSPS) is 15.9. The average Bonchev–Trinajstić information content (AvgIpc) is 3.53. The maximum absolute atomic E-state index is 3.66. The number of hydrogen-bond acceptors (Lipinski definition) is 0. The molecule has 3 aromatic rings. The Morgan fingerprint density at radius 2 is 1.48 bits per heavy atom. The third-order valence-electron chi connectivity index (χ3n) is 6.92. The van der Waals surface area contributed by atoms with Gasteiger partial charge in [0, 0.05) is 0 Å². The molecule has 0 N–H and O–H groups in total. The molecule has 0 nitrogen and oxygen atoms in total. The van der Waals surface area contributed by atoms with Gasteiger partial charge in [-0.15, -0.1) is 0 Å². The van der Waals surface area contributed by atoms with Crippen molar-refractivity contribution in [1.29, 1.82) is 0 Å². The van der Waals surface area contributed by atoms with Crippen LogP contribution in [0.3, 0.4) is 0 Å². The van der Waals surface area contributed by atoms with Crippen molar-refractivity contribution >= 4 is 6.08 Å². The molecule has 0 amide bonds. The second-order valence-corrected chi connectivity index (χ2v) is 9.22. The van der Waals surface area contributed by atoms with Gasteiger partial charge in [0.2, 0.25) is 0 Å². The highest BCUT2D eigenvalue weighted by Crippen LogP contribution is 2.45. The van der Waals surface area contributed by atoms with Crippen molar-refractivity contribution in [3.05, 3.63) is 101 Å². The first-order valence-electron chi connectivity index (χ1n) is 12.1. The Hall–Kier alpha value is -2.60. The van der Waals surface area contributed by atoms with Crippen LogP contribution >= 0.6 is 0 Å². The molecule has 0 heterocycles. The monoisotopic (exact) mass is 408 g/mol. The van der Waals surface area contributed by atoms with Gasteiger partial charge in [0.15, 0.2) is 0 Å². The summed E-state index contributed by atoms with van der Waals surface area (Å²) in [5.41, 5.74) is 10.2. The molecule has 0 heteroatoms. The Balaban J connectivity index is 0.000000217. The fraction of sp³-hybridized carbons (Fsp3) is 0.355. The first-order valence-corrected chi connectivity index (χ1v) is 12.1. The summed E-state index contributed by atoms with van der Waals surface area (Å²) in [6, 6.07) is 24.6. The molecule has 2 aliphatic carbocycles. The van der Waals surface area contributed by atoms with E-state index in [0.717, 1.165) is 18.3 Å². The summed E-state index contributed by atoms with van der Waals surface area (Å²) in [4.78, 5) is 0. The topological polar surface area (TPSA) is 0 Å². The van der Waals surface area contributed by atoms with E-state index in [-0.39, 0.29) is 0 Å². The fourth-order valence-electron chi connectivity index (χ4n) is 4.93. The Morgan fingerprint density at radius 1 is 0.806 bits per heavy atom. The van der Waals surface area contributed by atoms with E-state index in [1.807, 2.05) is 6.08 Å². The zero-order chi connectivity index (χ0) is 21.6. The van der Waals surface area contributed by atoms with E-state index in [2.05, 4.69) is 87.2 Å². The van der Waals surface area contributed by atoms with Crippen LogP contribution in [-0.2, 0) is 6.42 Å². The Bertz CT molecular complexity index is 998. The molecule has 0 atom stereocenters. The van der Waals surface area contributed by atoms with Crippen molar-refractivity contribution in [2.24, 2.45) is 0 Å². The molecule has 2 fully saturated rings.